The predicted molar refractivity (Wildman–Crippen MR) is 155 cm³/mol. The Balaban J connectivity index is 1.23. The van der Waals surface area contributed by atoms with Crippen LogP contribution in [0.25, 0.3) is 5.69 Å². The molecule has 2 atom stereocenters. The van der Waals surface area contributed by atoms with Gasteiger partial charge >= 0.3 is 0 Å². The van der Waals surface area contributed by atoms with Crippen LogP contribution in [0.1, 0.15) is 84.5 Å². The number of carbonyl (C=O) groups excluding carboxylic acids is 2. The van der Waals surface area contributed by atoms with E-state index in [1.165, 1.54) is 44.1 Å². The number of likely N-dealkylation sites (tertiary alicyclic amines) is 1. The number of fused-ring (bicyclic) bond motifs is 1. The molecule has 2 N–H and O–H groups in total. The molecular formula is C32H39N5O3. The van der Waals surface area contributed by atoms with Crippen LogP contribution in [-0.4, -0.2) is 58.8 Å². The first-order valence-electron chi connectivity index (χ1n) is 14.6. The van der Waals surface area contributed by atoms with Crippen LogP contribution in [0.4, 0.5) is 5.69 Å². The number of ether oxygens (including phenoxy) is 1. The molecule has 2 fully saturated rings. The van der Waals surface area contributed by atoms with Crippen molar-refractivity contribution in [1.82, 2.24) is 14.7 Å². The van der Waals surface area contributed by atoms with Crippen molar-refractivity contribution < 1.29 is 14.3 Å². The number of hydrogen-bond donors (Lipinski definition) is 1. The number of aromatic nitrogens is 2. The Labute approximate surface area is 236 Å². The van der Waals surface area contributed by atoms with Crippen molar-refractivity contribution in [3.8, 4) is 11.4 Å². The van der Waals surface area contributed by atoms with E-state index in [9.17, 15) is 9.59 Å². The average Bonchev–Trinajstić information content (AvgIpc) is 3.64. The Kier molecular flexibility index (Phi) is 6.90. The maximum atomic E-state index is 13.9. The SMILES string of the molecule is COc1ccc(-n2nc(C(N)=O)c3c2C(=O)N(c2ccc(C4(CCN5C(C)CCCC5C)CC4)cc2)CC3)cc1. The quantitative estimate of drug-likeness (QED) is 0.439. The number of primary amides is 1. The van der Waals surface area contributed by atoms with E-state index < -0.39 is 5.91 Å². The lowest BCUT2D eigenvalue weighted by Crippen LogP contribution is -2.44. The van der Waals surface area contributed by atoms with Gasteiger partial charge in [0.1, 0.15) is 11.4 Å². The van der Waals surface area contributed by atoms with Crippen LogP contribution in [0, 0.1) is 0 Å². The van der Waals surface area contributed by atoms with Crippen molar-refractivity contribution in [2.75, 3.05) is 25.1 Å². The normalized spacial score (nSPS) is 22.2. The fraction of sp³-hybridized carbons (Fsp3) is 0.469. The van der Waals surface area contributed by atoms with Gasteiger partial charge in [-0.05, 0) is 106 Å². The first-order chi connectivity index (χ1) is 19.3. The number of nitrogens with zero attached hydrogens (tertiary/aromatic N) is 4. The number of carbonyl (C=O) groups is 2. The lowest BCUT2D eigenvalue weighted by molar-refractivity contribution is 0.0972. The molecular weight excluding hydrogens is 502 g/mol. The number of rotatable bonds is 8. The van der Waals surface area contributed by atoms with Gasteiger partial charge in [-0.2, -0.15) is 5.10 Å². The second-order valence-corrected chi connectivity index (χ2v) is 11.8. The van der Waals surface area contributed by atoms with E-state index >= 15 is 0 Å². The third-order valence-corrected chi connectivity index (χ3v) is 9.44. The van der Waals surface area contributed by atoms with Gasteiger partial charge in [0.15, 0.2) is 5.69 Å². The molecule has 2 unspecified atom stereocenters. The van der Waals surface area contributed by atoms with Gasteiger partial charge in [0.2, 0.25) is 0 Å². The molecule has 0 spiro atoms. The highest BCUT2D eigenvalue weighted by atomic mass is 16.5. The molecule has 0 radical (unpaired) electrons. The zero-order chi connectivity index (χ0) is 28.0. The van der Waals surface area contributed by atoms with Gasteiger partial charge in [0, 0.05) is 29.9 Å². The fourth-order valence-corrected chi connectivity index (χ4v) is 6.80. The minimum Gasteiger partial charge on any atom is -0.497 e. The standard InChI is InChI=1S/C32H39N5O3/c1-21-5-4-6-22(2)35(21)20-18-32(16-17-32)23-7-9-24(10-8-23)36-19-15-27-28(30(33)38)34-37(29(27)31(36)39)25-11-13-26(40-3)14-12-25/h7-14,21-22H,4-6,15-20H2,1-3H3,(H2,33,38). The zero-order valence-corrected chi connectivity index (χ0v) is 23.7. The maximum absolute atomic E-state index is 13.9. The Bertz CT molecular complexity index is 1400. The summed E-state index contributed by atoms with van der Waals surface area (Å²) in [7, 11) is 1.60. The molecule has 2 aromatic carbocycles. The van der Waals surface area contributed by atoms with Crippen LogP contribution in [0.3, 0.4) is 0 Å². The van der Waals surface area contributed by atoms with Crippen molar-refractivity contribution in [3.63, 3.8) is 0 Å². The van der Waals surface area contributed by atoms with Crippen molar-refractivity contribution in [2.24, 2.45) is 5.73 Å². The first-order valence-corrected chi connectivity index (χ1v) is 14.6. The minimum atomic E-state index is -0.628. The van der Waals surface area contributed by atoms with Crippen LogP contribution < -0.4 is 15.4 Å². The van der Waals surface area contributed by atoms with Crippen molar-refractivity contribution >= 4 is 17.5 Å². The molecule has 6 rings (SSSR count). The summed E-state index contributed by atoms with van der Waals surface area (Å²) >= 11 is 0. The van der Waals surface area contributed by atoms with E-state index in [0.717, 1.165) is 12.2 Å². The molecule has 3 aromatic rings. The highest BCUT2D eigenvalue weighted by Gasteiger charge is 2.44. The topological polar surface area (TPSA) is 93.7 Å². The first kappa shape index (κ1) is 26.6. The lowest BCUT2D eigenvalue weighted by atomic mass is 9.90. The molecule has 8 heteroatoms. The summed E-state index contributed by atoms with van der Waals surface area (Å²) in [5, 5.41) is 4.47. The molecule has 3 aliphatic rings. The van der Waals surface area contributed by atoms with Crippen LogP contribution in [-0.2, 0) is 11.8 Å². The van der Waals surface area contributed by atoms with Gasteiger partial charge in [-0.1, -0.05) is 18.6 Å². The largest absolute Gasteiger partial charge is 0.497 e. The van der Waals surface area contributed by atoms with Gasteiger partial charge in [-0.3, -0.25) is 14.5 Å². The molecule has 0 bridgehead atoms. The molecule has 210 valence electrons. The van der Waals surface area contributed by atoms with Gasteiger partial charge < -0.3 is 15.4 Å². The molecule has 1 saturated heterocycles. The number of nitrogens with two attached hydrogens (primary N) is 1. The molecule has 40 heavy (non-hydrogen) atoms. The minimum absolute atomic E-state index is 0.155. The molecule has 1 aliphatic carbocycles. The van der Waals surface area contributed by atoms with Crippen LogP contribution in [0.5, 0.6) is 5.75 Å². The van der Waals surface area contributed by atoms with E-state index in [1.807, 2.05) is 12.1 Å². The molecule has 2 amide bonds. The third-order valence-electron chi connectivity index (χ3n) is 9.44. The van der Waals surface area contributed by atoms with Gasteiger partial charge in [-0.15, -0.1) is 0 Å². The summed E-state index contributed by atoms with van der Waals surface area (Å²) in [5.41, 5.74) is 9.97. The van der Waals surface area contributed by atoms with Crippen molar-refractivity contribution in [2.45, 2.75) is 76.3 Å². The monoisotopic (exact) mass is 541 g/mol. The number of benzene rings is 2. The Morgan fingerprint density at radius 3 is 2.27 bits per heavy atom. The molecule has 1 saturated carbocycles. The number of amides is 2. The van der Waals surface area contributed by atoms with Crippen LogP contribution in [0.15, 0.2) is 48.5 Å². The zero-order valence-electron chi connectivity index (χ0n) is 23.7. The number of methoxy groups -OCH3 is 1. The second kappa shape index (κ2) is 10.4. The summed E-state index contributed by atoms with van der Waals surface area (Å²) in [6.45, 7) is 6.36. The van der Waals surface area contributed by atoms with E-state index in [2.05, 4.69) is 48.1 Å². The predicted octanol–water partition coefficient (Wildman–Crippen LogP) is 4.87. The van der Waals surface area contributed by atoms with E-state index in [0.29, 0.717) is 47.7 Å². The van der Waals surface area contributed by atoms with E-state index in [-0.39, 0.29) is 17.0 Å². The molecule has 1 aromatic heterocycles. The molecule has 3 heterocycles. The third kappa shape index (κ3) is 4.68. The second-order valence-electron chi connectivity index (χ2n) is 11.8. The summed E-state index contributed by atoms with van der Waals surface area (Å²) in [4.78, 5) is 30.6. The number of piperidine rings is 1. The van der Waals surface area contributed by atoms with Gasteiger partial charge in [0.25, 0.3) is 11.8 Å². The summed E-state index contributed by atoms with van der Waals surface area (Å²) in [5.74, 6) is -0.113. The van der Waals surface area contributed by atoms with Gasteiger partial charge in [0.05, 0.1) is 12.8 Å². The van der Waals surface area contributed by atoms with E-state index in [4.69, 9.17) is 10.5 Å². The smallest absolute Gasteiger partial charge is 0.277 e. The van der Waals surface area contributed by atoms with Crippen LogP contribution >= 0.6 is 0 Å². The van der Waals surface area contributed by atoms with E-state index in [1.54, 1.807) is 28.8 Å². The Hall–Kier alpha value is -3.65. The fourth-order valence-electron chi connectivity index (χ4n) is 6.80. The Morgan fingerprint density at radius 2 is 1.68 bits per heavy atom. The van der Waals surface area contributed by atoms with Gasteiger partial charge in [-0.25, -0.2) is 4.68 Å². The van der Waals surface area contributed by atoms with Crippen molar-refractivity contribution in [3.05, 3.63) is 71.0 Å². The lowest BCUT2D eigenvalue weighted by Gasteiger charge is -2.39. The summed E-state index contributed by atoms with van der Waals surface area (Å²) in [6, 6.07) is 17.2. The Morgan fingerprint density at radius 1 is 1.02 bits per heavy atom. The molecule has 2 aliphatic heterocycles. The summed E-state index contributed by atoms with van der Waals surface area (Å²) < 4.78 is 6.81. The number of anilines is 1. The number of hydrogen-bond acceptors (Lipinski definition) is 5. The highest BCUT2D eigenvalue weighted by Crippen LogP contribution is 2.51. The summed E-state index contributed by atoms with van der Waals surface area (Å²) in [6.07, 6.45) is 8.09. The average molecular weight is 542 g/mol. The molecule has 8 nitrogen and oxygen atoms in total. The van der Waals surface area contributed by atoms with Crippen molar-refractivity contribution in [1.29, 1.82) is 0 Å². The maximum Gasteiger partial charge on any atom is 0.277 e. The van der Waals surface area contributed by atoms with Crippen LogP contribution in [0.2, 0.25) is 0 Å². The highest BCUT2D eigenvalue weighted by molar-refractivity contribution is 6.09.